The van der Waals surface area contributed by atoms with Crippen molar-refractivity contribution in [2.45, 2.75) is 70.8 Å². The normalized spacial score (nSPS) is 17.5. The number of carbonyl (C=O) groups excluding carboxylic acids is 1. The molecule has 2 aliphatic rings. The van der Waals surface area contributed by atoms with E-state index in [1.165, 1.54) is 6.07 Å². The minimum atomic E-state index is -0.977. The second-order valence-corrected chi connectivity index (χ2v) is 10.5. The summed E-state index contributed by atoms with van der Waals surface area (Å²) in [4.78, 5) is 32.3. The molecule has 0 spiro atoms. The Balaban J connectivity index is 1.70. The first-order valence-corrected chi connectivity index (χ1v) is 12.8. The van der Waals surface area contributed by atoms with Crippen molar-refractivity contribution in [3.63, 3.8) is 0 Å². The molecule has 0 unspecified atom stereocenters. The van der Waals surface area contributed by atoms with Gasteiger partial charge in [-0.25, -0.2) is 9.37 Å². The average molecular weight is 498 g/mol. The molecule has 2 aromatic rings. The zero-order chi connectivity index (χ0) is 25.9. The Labute approximate surface area is 212 Å². The molecule has 8 heteroatoms. The number of carboxylic acid groups (broad SMARTS) is 1. The van der Waals surface area contributed by atoms with Crippen molar-refractivity contribution in [1.29, 1.82) is 0 Å². The molecule has 1 amide bonds. The summed E-state index contributed by atoms with van der Waals surface area (Å²) in [7, 11) is 0. The van der Waals surface area contributed by atoms with Gasteiger partial charge in [-0.1, -0.05) is 32.4 Å². The van der Waals surface area contributed by atoms with Crippen LogP contribution in [0.15, 0.2) is 30.5 Å². The van der Waals surface area contributed by atoms with Crippen molar-refractivity contribution in [2.75, 3.05) is 30.0 Å². The summed E-state index contributed by atoms with van der Waals surface area (Å²) in [6.45, 7) is 8.12. The van der Waals surface area contributed by atoms with Gasteiger partial charge in [0.2, 0.25) is 5.91 Å². The van der Waals surface area contributed by atoms with Crippen LogP contribution in [-0.4, -0.2) is 47.8 Å². The standard InChI is InChI=1S/C28H36FN3O4/c1-18(2)17-32(22-7-11-36-12-8-22)26-24(15-21(16-30-26)28(27(34)35)9-4-10-28)31-25(33)14-20-6-5-19(3)13-23(20)29/h5-6,13,15-16,18,22H,4,7-12,14,17H2,1-3H3,(H,31,33)(H,34,35). The van der Waals surface area contributed by atoms with Crippen LogP contribution in [0.5, 0.6) is 0 Å². The number of nitrogens with zero attached hydrogens (tertiary/aromatic N) is 2. The van der Waals surface area contributed by atoms with Gasteiger partial charge >= 0.3 is 5.97 Å². The van der Waals surface area contributed by atoms with Gasteiger partial charge in [-0.2, -0.15) is 0 Å². The summed E-state index contributed by atoms with van der Waals surface area (Å²) in [5.74, 6) is -0.688. The lowest BCUT2D eigenvalue weighted by atomic mass is 9.65. The molecule has 2 N–H and O–H groups in total. The SMILES string of the molecule is Cc1ccc(CC(=O)Nc2cc(C3(C(=O)O)CCC3)cnc2N(CC(C)C)C2CCOCC2)c(F)c1. The number of aliphatic carboxylic acids is 1. The fourth-order valence-corrected chi connectivity index (χ4v) is 5.16. The number of aryl methyl sites for hydroxylation is 1. The number of hydrogen-bond donors (Lipinski definition) is 2. The van der Waals surface area contributed by atoms with E-state index in [1.807, 2.05) is 0 Å². The Morgan fingerprint density at radius 2 is 1.97 bits per heavy atom. The maximum absolute atomic E-state index is 14.4. The van der Waals surface area contributed by atoms with Gasteiger partial charge in [0.1, 0.15) is 5.82 Å². The zero-order valence-electron chi connectivity index (χ0n) is 21.3. The minimum absolute atomic E-state index is 0.124. The first kappa shape index (κ1) is 26.1. The Hall–Kier alpha value is -3.00. The molecule has 1 aliphatic heterocycles. The lowest BCUT2D eigenvalue weighted by Gasteiger charge is -2.40. The highest BCUT2D eigenvalue weighted by Gasteiger charge is 2.46. The molecule has 0 bridgehead atoms. The number of benzene rings is 1. The number of carbonyl (C=O) groups is 2. The monoisotopic (exact) mass is 497 g/mol. The number of nitrogens with one attached hydrogen (secondary N) is 1. The van der Waals surface area contributed by atoms with Crippen LogP contribution in [0.25, 0.3) is 0 Å². The Morgan fingerprint density at radius 1 is 1.25 bits per heavy atom. The van der Waals surface area contributed by atoms with Crippen LogP contribution < -0.4 is 10.2 Å². The second-order valence-electron chi connectivity index (χ2n) is 10.5. The number of carboxylic acids is 1. The quantitative estimate of drug-likeness (QED) is 0.514. The van der Waals surface area contributed by atoms with E-state index in [9.17, 15) is 19.1 Å². The maximum Gasteiger partial charge on any atom is 0.314 e. The first-order chi connectivity index (χ1) is 17.2. The van der Waals surface area contributed by atoms with E-state index in [-0.39, 0.29) is 18.4 Å². The second kappa shape index (κ2) is 10.9. The highest BCUT2D eigenvalue weighted by atomic mass is 19.1. The van der Waals surface area contributed by atoms with Gasteiger partial charge in [0.15, 0.2) is 5.82 Å². The molecule has 2 heterocycles. The smallest absolute Gasteiger partial charge is 0.314 e. The van der Waals surface area contributed by atoms with Gasteiger partial charge in [-0.3, -0.25) is 9.59 Å². The molecule has 0 atom stereocenters. The summed E-state index contributed by atoms with van der Waals surface area (Å²) < 4.78 is 20.0. The van der Waals surface area contributed by atoms with E-state index in [4.69, 9.17) is 9.72 Å². The number of pyridine rings is 1. The zero-order valence-corrected chi connectivity index (χ0v) is 21.3. The summed E-state index contributed by atoms with van der Waals surface area (Å²) in [5.41, 5.74) is 1.20. The first-order valence-electron chi connectivity index (χ1n) is 12.8. The van der Waals surface area contributed by atoms with Gasteiger partial charge in [0.05, 0.1) is 17.5 Å². The predicted octanol–water partition coefficient (Wildman–Crippen LogP) is 4.86. The molecule has 1 saturated carbocycles. The number of aromatic nitrogens is 1. The van der Waals surface area contributed by atoms with Gasteiger partial charge < -0.3 is 20.1 Å². The highest BCUT2D eigenvalue weighted by Crippen LogP contribution is 2.45. The summed E-state index contributed by atoms with van der Waals surface area (Å²) in [5, 5.41) is 12.9. The van der Waals surface area contributed by atoms with Crippen LogP contribution in [0, 0.1) is 18.7 Å². The third kappa shape index (κ3) is 5.53. The molecular weight excluding hydrogens is 461 g/mol. The molecule has 194 valence electrons. The summed E-state index contributed by atoms with van der Waals surface area (Å²) >= 11 is 0. The number of rotatable bonds is 9. The van der Waals surface area contributed by atoms with Crippen molar-refractivity contribution in [1.82, 2.24) is 4.98 Å². The van der Waals surface area contributed by atoms with Crippen LogP contribution in [-0.2, 0) is 26.2 Å². The van der Waals surface area contributed by atoms with Gasteiger partial charge in [-0.15, -0.1) is 0 Å². The number of ether oxygens (including phenoxy) is 1. The van der Waals surface area contributed by atoms with Crippen LogP contribution >= 0.6 is 0 Å². The number of anilines is 2. The number of hydrogen-bond acceptors (Lipinski definition) is 5. The molecule has 1 saturated heterocycles. The van der Waals surface area contributed by atoms with E-state index in [1.54, 1.807) is 31.3 Å². The van der Waals surface area contributed by atoms with Gasteiger partial charge in [0, 0.05) is 32.0 Å². The number of amides is 1. The Bertz CT molecular complexity index is 1110. The van der Waals surface area contributed by atoms with Crippen LogP contribution in [0.2, 0.25) is 0 Å². The molecule has 36 heavy (non-hydrogen) atoms. The van der Waals surface area contributed by atoms with Crippen molar-refractivity contribution >= 4 is 23.4 Å². The lowest BCUT2D eigenvalue weighted by molar-refractivity contribution is -0.147. The molecule has 7 nitrogen and oxygen atoms in total. The lowest BCUT2D eigenvalue weighted by Crippen LogP contribution is -2.44. The Kier molecular flexibility index (Phi) is 7.93. The minimum Gasteiger partial charge on any atom is -0.481 e. The maximum atomic E-state index is 14.4. The summed E-state index contributed by atoms with van der Waals surface area (Å²) in [6, 6.07) is 6.79. The van der Waals surface area contributed by atoms with Crippen molar-refractivity contribution < 1.29 is 23.8 Å². The van der Waals surface area contributed by atoms with Gasteiger partial charge in [-0.05, 0) is 67.3 Å². The van der Waals surface area contributed by atoms with E-state index >= 15 is 0 Å². The molecular formula is C28H36FN3O4. The van der Waals surface area contributed by atoms with E-state index in [2.05, 4.69) is 24.1 Å². The van der Waals surface area contributed by atoms with Gasteiger partial charge in [0.25, 0.3) is 0 Å². The molecule has 0 radical (unpaired) electrons. The average Bonchev–Trinajstić information content (AvgIpc) is 2.79. The molecule has 2 fully saturated rings. The Morgan fingerprint density at radius 3 is 2.56 bits per heavy atom. The highest BCUT2D eigenvalue weighted by molar-refractivity contribution is 5.95. The van der Waals surface area contributed by atoms with E-state index in [0.717, 1.165) is 31.4 Å². The van der Waals surface area contributed by atoms with Crippen LogP contribution in [0.4, 0.5) is 15.9 Å². The largest absolute Gasteiger partial charge is 0.481 e. The van der Waals surface area contributed by atoms with Crippen molar-refractivity contribution in [2.24, 2.45) is 5.92 Å². The van der Waals surface area contributed by atoms with E-state index < -0.39 is 17.2 Å². The number of halogens is 1. The molecule has 1 aromatic heterocycles. The van der Waals surface area contributed by atoms with Crippen LogP contribution in [0.1, 0.15) is 62.6 Å². The third-order valence-corrected chi connectivity index (χ3v) is 7.33. The molecule has 1 aliphatic carbocycles. The summed E-state index contributed by atoms with van der Waals surface area (Å²) in [6.07, 6.45) is 5.15. The third-order valence-electron chi connectivity index (χ3n) is 7.33. The fraction of sp³-hybridized carbons (Fsp3) is 0.536. The van der Waals surface area contributed by atoms with Crippen molar-refractivity contribution in [3.8, 4) is 0 Å². The van der Waals surface area contributed by atoms with Crippen molar-refractivity contribution in [3.05, 3.63) is 53.0 Å². The van der Waals surface area contributed by atoms with E-state index in [0.29, 0.717) is 54.6 Å². The topological polar surface area (TPSA) is 91.8 Å². The fourth-order valence-electron chi connectivity index (χ4n) is 5.16. The molecule has 1 aromatic carbocycles. The van der Waals surface area contributed by atoms with Crippen LogP contribution in [0.3, 0.4) is 0 Å². The molecule has 4 rings (SSSR count). The predicted molar refractivity (Wildman–Crippen MR) is 137 cm³/mol.